The minimum Gasteiger partial charge on any atom is -0.395 e. The molecule has 0 aromatic rings. The maximum absolute atomic E-state index is 10.6. The fourth-order valence-corrected chi connectivity index (χ4v) is 2.55. The van der Waals surface area contributed by atoms with Gasteiger partial charge in [0.05, 0.1) is 18.5 Å². The van der Waals surface area contributed by atoms with E-state index in [1.807, 2.05) is 4.90 Å². The number of β-amino-alcohol motifs (C(OH)–C–C–N with tert-alkyl or cyclic N) is 1. The van der Waals surface area contributed by atoms with Crippen molar-refractivity contribution in [3.05, 3.63) is 0 Å². The summed E-state index contributed by atoms with van der Waals surface area (Å²) in [7, 11) is -4.04. The highest BCUT2D eigenvalue weighted by Crippen LogP contribution is 2.11. The number of piperazine rings is 1. The van der Waals surface area contributed by atoms with Crippen molar-refractivity contribution < 1.29 is 23.2 Å². The molecule has 0 saturated carbocycles. The van der Waals surface area contributed by atoms with Gasteiger partial charge in [0.1, 0.15) is 0 Å². The zero-order chi connectivity index (χ0) is 12.9. The Kier molecular flexibility index (Phi) is 5.77. The van der Waals surface area contributed by atoms with Gasteiger partial charge in [-0.1, -0.05) is 0 Å². The van der Waals surface area contributed by atoms with E-state index in [1.54, 1.807) is 0 Å². The maximum atomic E-state index is 10.6. The molecule has 0 bridgehead atoms. The van der Waals surface area contributed by atoms with Crippen molar-refractivity contribution in [3.8, 4) is 0 Å². The van der Waals surface area contributed by atoms with Gasteiger partial charge in [-0.15, -0.1) is 0 Å². The van der Waals surface area contributed by atoms with Crippen LogP contribution in [0.4, 0.5) is 0 Å². The summed E-state index contributed by atoms with van der Waals surface area (Å²) in [5.41, 5.74) is 0. The molecule has 1 fully saturated rings. The van der Waals surface area contributed by atoms with Gasteiger partial charge in [0.15, 0.2) is 0 Å². The van der Waals surface area contributed by atoms with Crippen LogP contribution in [0.1, 0.15) is 6.42 Å². The smallest absolute Gasteiger partial charge is 0.264 e. The normalized spacial score (nSPS) is 24.8. The van der Waals surface area contributed by atoms with Crippen LogP contribution in [0.25, 0.3) is 0 Å². The second-order valence-electron chi connectivity index (χ2n) is 4.17. The molecule has 1 heterocycles. The van der Waals surface area contributed by atoms with Crippen LogP contribution in [0.15, 0.2) is 0 Å². The van der Waals surface area contributed by atoms with Crippen molar-refractivity contribution in [1.82, 2.24) is 10.2 Å². The lowest BCUT2D eigenvalue weighted by Gasteiger charge is -2.38. The summed E-state index contributed by atoms with van der Waals surface area (Å²) < 4.78 is 29.8. The molecule has 4 N–H and O–H groups in total. The molecule has 2 unspecified atom stereocenters. The van der Waals surface area contributed by atoms with Gasteiger partial charge in [0, 0.05) is 32.2 Å². The SMILES string of the molecule is O=S(=O)(O)CCC(O)C1CNCCN1CCO. The average molecular weight is 268 g/mol. The highest BCUT2D eigenvalue weighted by molar-refractivity contribution is 7.85. The molecular formula is C9H20N2O5S. The Balaban J connectivity index is 2.49. The van der Waals surface area contributed by atoms with E-state index >= 15 is 0 Å². The number of hydrogen-bond acceptors (Lipinski definition) is 6. The molecular weight excluding hydrogens is 248 g/mol. The second-order valence-corrected chi connectivity index (χ2v) is 5.75. The molecule has 1 rings (SSSR count). The zero-order valence-electron chi connectivity index (χ0n) is 9.62. The summed E-state index contributed by atoms with van der Waals surface area (Å²) in [5, 5.41) is 21.9. The van der Waals surface area contributed by atoms with Gasteiger partial charge in [0.25, 0.3) is 10.1 Å². The maximum Gasteiger partial charge on any atom is 0.264 e. The third-order valence-corrected chi connectivity index (χ3v) is 3.65. The molecule has 1 aliphatic rings. The summed E-state index contributed by atoms with van der Waals surface area (Å²) >= 11 is 0. The van der Waals surface area contributed by atoms with Crippen LogP contribution in [-0.2, 0) is 10.1 Å². The Morgan fingerprint density at radius 2 is 2.18 bits per heavy atom. The lowest BCUT2D eigenvalue weighted by molar-refractivity contribution is 0.0243. The van der Waals surface area contributed by atoms with E-state index in [2.05, 4.69) is 5.32 Å². The van der Waals surface area contributed by atoms with Crippen molar-refractivity contribution in [1.29, 1.82) is 0 Å². The Bertz CT molecular complexity index is 319. The van der Waals surface area contributed by atoms with Crippen molar-refractivity contribution in [3.63, 3.8) is 0 Å². The molecule has 102 valence electrons. The van der Waals surface area contributed by atoms with Crippen LogP contribution in [-0.4, -0.2) is 78.8 Å². The third kappa shape index (κ3) is 5.28. The lowest BCUT2D eigenvalue weighted by atomic mass is 10.0. The van der Waals surface area contributed by atoms with Crippen molar-refractivity contribution in [2.45, 2.75) is 18.6 Å². The van der Waals surface area contributed by atoms with Crippen LogP contribution in [0.5, 0.6) is 0 Å². The number of hydrogen-bond donors (Lipinski definition) is 4. The molecule has 0 amide bonds. The molecule has 7 nitrogen and oxygen atoms in total. The number of rotatable bonds is 6. The highest BCUT2D eigenvalue weighted by Gasteiger charge is 2.28. The van der Waals surface area contributed by atoms with Gasteiger partial charge < -0.3 is 15.5 Å². The van der Waals surface area contributed by atoms with Crippen LogP contribution < -0.4 is 5.32 Å². The first-order chi connectivity index (χ1) is 7.94. The number of aliphatic hydroxyl groups excluding tert-OH is 2. The topological polar surface area (TPSA) is 110 Å². The molecule has 0 radical (unpaired) electrons. The van der Waals surface area contributed by atoms with E-state index in [9.17, 15) is 13.5 Å². The predicted molar refractivity (Wildman–Crippen MR) is 62.4 cm³/mol. The number of nitrogens with one attached hydrogen (secondary N) is 1. The van der Waals surface area contributed by atoms with E-state index < -0.39 is 22.0 Å². The molecule has 1 saturated heterocycles. The lowest BCUT2D eigenvalue weighted by Crippen LogP contribution is -2.57. The highest BCUT2D eigenvalue weighted by atomic mass is 32.2. The standard InChI is InChI=1S/C9H20N2O5S/c12-5-4-11-3-2-10-7-8(11)9(13)1-6-17(14,15)16/h8-10,12-13H,1-7H2,(H,14,15,16). The van der Waals surface area contributed by atoms with Crippen molar-refractivity contribution >= 4 is 10.1 Å². The largest absolute Gasteiger partial charge is 0.395 e. The molecule has 2 atom stereocenters. The average Bonchev–Trinajstić information content (AvgIpc) is 2.26. The molecule has 0 aromatic heterocycles. The molecule has 0 aromatic carbocycles. The molecule has 17 heavy (non-hydrogen) atoms. The first-order valence-corrected chi connectivity index (χ1v) is 7.24. The Labute approximate surface area is 101 Å². The number of nitrogens with zero attached hydrogens (tertiary/aromatic N) is 1. The first kappa shape index (κ1) is 14.8. The van der Waals surface area contributed by atoms with E-state index in [0.717, 1.165) is 6.54 Å². The first-order valence-electron chi connectivity index (χ1n) is 5.63. The number of aliphatic hydroxyl groups is 2. The quantitative estimate of drug-likeness (QED) is 0.408. The van der Waals surface area contributed by atoms with E-state index in [4.69, 9.17) is 9.66 Å². The minimum absolute atomic E-state index is 0.00151. The summed E-state index contributed by atoms with van der Waals surface area (Å²) in [6, 6.07) is -0.224. The molecule has 0 spiro atoms. The van der Waals surface area contributed by atoms with E-state index in [-0.39, 0.29) is 19.1 Å². The Morgan fingerprint density at radius 3 is 2.76 bits per heavy atom. The summed E-state index contributed by atoms with van der Waals surface area (Å²) in [4.78, 5) is 1.92. The minimum atomic E-state index is -4.04. The summed E-state index contributed by atoms with van der Waals surface area (Å²) in [5.74, 6) is -0.447. The van der Waals surface area contributed by atoms with Gasteiger partial charge in [-0.25, -0.2) is 0 Å². The summed E-state index contributed by atoms with van der Waals surface area (Å²) in [6.45, 7) is 2.49. The van der Waals surface area contributed by atoms with Gasteiger partial charge in [-0.05, 0) is 6.42 Å². The van der Waals surface area contributed by atoms with Crippen molar-refractivity contribution in [2.24, 2.45) is 0 Å². The Hall–Kier alpha value is -0.250. The third-order valence-electron chi connectivity index (χ3n) is 2.90. The van der Waals surface area contributed by atoms with Gasteiger partial charge >= 0.3 is 0 Å². The van der Waals surface area contributed by atoms with Gasteiger partial charge in [0.2, 0.25) is 0 Å². The molecule has 8 heteroatoms. The fraction of sp³-hybridized carbons (Fsp3) is 1.00. The van der Waals surface area contributed by atoms with Gasteiger partial charge in [-0.3, -0.25) is 9.45 Å². The fourth-order valence-electron chi connectivity index (χ4n) is 2.02. The van der Waals surface area contributed by atoms with Crippen LogP contribution in [0.3, 0.4) is 0 Å². The summed E-state index contributed by atoms with van der Waals surface area (Å²) in [6.07, 6.45) is -0.844. The monoisotopic (exact) mass is 268 g/mol. The molecule has 1 aliphatic heterocycles. The second kappa shape index (κ2) is 6.62. The van der Waals surface area contributed by atoms with Gasteiger partial charge in [-0.2, -0.15) is 8.42 Å². The predicted octanol–water partition coefficient (Wildman–Crippen LogP) is -2.11. The molecule has 0 aliphatic carbocycles. The van der Waals surface area contributed by atoms with E-state index in [1.165, 1.54) is 0 Å². The zero-order valence-corrected chi connectivity index (χ0v) is 10.4. The van der Waals surface area contributed by atoms with E-state index in [0.29, 0.717) is 19.6 Å². The van der Waals surface area contributed by atoms with Crippen LogP contribution in [0.2, 0.25) is 0 Å². The van der Waals surface area contributed by atoms with Crippen molar-refractivity contribution in [2.75, 3.05) is 38.5 Å². The van der Waals surface area contributed by atoms with Crippen LogP contribution in [0, 0.1) is 0 Å². The van der Waals surface area contributed by atoms with Crippen LogP contribution >= 0.6 is 0 Å². The Morgan fingerprint density at radius 1 is 1.47 bits per heavy atom.